The van der Waals surface area contributed by atoms with Crippen molar-refractivity contribution < 1.29 is 9.21 Å². The Hall–Kier alpha value is -1.69. The maximum absolute atomic E-state index is 11.9. The summed E-state index contributed by atoms with van der Waals surface area (Å²) in [6.45, 7) is 3.71. The largest absolute Gasteiger partial charge is 0.462 e. The summed E-state index contributed by atoms with van der Waals surface area (Å²) in [7, 11) is 0. The first-order chi connectivity index (χ1) is 10.3. The number of aromatic nitrogens is 2. The maximum atomic E-state index is 11.9. The molecule has 2 aromatic heterocycles. The molecular weight excluding hydrogens is 286 g/mol. The molecule has 5 nitrogen and oxygen atoms in total. The van der Waals surface area contributed by atoms with Gasteiger partial charge in [-0.3, -0.25) is 4.79 Å². The molecule has 0 radical (unpaired) electrons. The zero-order valence-corrected chi connectivity index (χ0v) is 12.9. The number of likely N-dealkylation sites (tertiary alicyclic amines) is 1. The van der Waals surface area contributed by atoms with Gasteiger partial charge in [-0.1, -0.05) is 18.3 Å². The van der Waals surface area contributed by atoms with Crippen molar-refractivity contribution in [3.05, 3.63) is 23.4 Å². The highest BCUT2D eigenvalue weighted by Gasteiger charge is 2.26. The fraction of sp³-hybridized carbons (Fsp3) is 0.533. The summed E-state index contributed by atoms with van der Waals surface area (Å²) in [6, 6.07) is 3.75. The van der Waals surface area contributed by atoms with Gasteiger partial charge < -0.3 is 9.32 Å². The molecule has 1 aliphatic rings. The maximum Gasteiger partial charge on any atom is 0.222 e. The van der Waals surface area contributed by atoms with E-state index in [2.05, 4.69) is 10.2 Å². The van der Waals surface area contributed by atoms with Crippen molar-refractivity contribution in [1.29, 1.82) is 0 Å². The molecule has 0 unspecified atom stereocenters. The Kier molecular flexibility index (Phi) is 4.34. The second-order valence-corrected chi connectivity index (χ2v) is 6.34. The van der Waals surface area contributed by atoms with E-state index in [-0.39, 0.29) is 5.91 Å². The van der Waals surface area contributed by atoms with Crippen molar-refractivity contribution in [3.63, 3.8) is 0 Å². The molecule has 0 N–H and O–H groups in total. The molecule has 0 aliphatic carbocycles. The van der Waals surface area contributed by atoms with Crippen LogP contribution in [0.4, 0.5) is 0 Å². The molecule has 0 atom stereocenters. The average molecular weight is 305 g/mol. The van der Waals surface area contributed by atoms with Gasteiger partial charge in [0.15, 0.2) is 10.8 Å². The number of carbonyl (C=O) groups excluding carboxylic acids is 1. The molecule has 0 spiro atoms. The van der Waals surface area contributed by atoms with Crippen molar-refractivity contribution in [1.82, 2.24) is 15.1 Å². The average Bonchev–Trinajstić information content (AvgIpc) is 3.19. The second kappa shape index (κ2) is 6.39. The van der Waals surface area contributed by atoms with Crippen LogP contribution in [0.3, 0.4) is 0 Å². The minimum atomic E-state index is 0.282. The molecule has 6 heteroatoms. The Balaban J connectivity index is 1.61. The van der Waals surface area contributed by atoms with Crippen LogP contribution in [-0.2, 0) is 4.79 Å². The molecule has 1 fully saturated rings. The van der Waals surface area contributed by atoms with E-state index in [9.17, 15) is 4.79 Å². The molecule has 0 bridgehead atoms. The Morgan fingerprint density at radius 2 is 2.24 bits per heavy atom. The fourth-order valence-electron chi connectivity index (χ4n) is 2.65. The first-order valence-corrected chi connectivity index (χ1v) is 8.24. The van der Waals surface area contributed by atoms with Crippen LogP contribution in [0.2, 0.25) is 0 Å². The molecule has 0 aromatic carbocycles. The number of furan rings is 1. The van der Waals surface area contributed by atoms with E-state index in [0.717, 1.165) is 48.1 Å². The predicted octanol–water partition coefficient (Wildman–Crippen LogP) is 3.30. The highest BCUT2D eigenvalue weighted by atomic mass is 32.1. The number of hydrogen-bond acceptors (Lipinski definition) is 5. The van der Waals surface area contributed by atoms with Crippen LogP contribution >= 0.6 is 11.3 Å². The molecule has 1 aliphatic heterocycles. The topological polar surface area (TPSA) is 59.2 Å². The predicted molar refractivity (Wildman–Crippen MR) is 81.1 cm³/mol. The van der Waals surface area contributed by atoms with E-state index < -0.39 is 0 Å². The zero-order chi connectivity index (χ0) is 14.7. The molecule has 1 saturated heterocycles. The van der Waals surface area contributed by atoms with Gasteiger partial charge in [0.2, 0.25) is 5.91 Å². The van der Waals surface area contributed by atoms with Crippen molar-refractivity contribution >= 4 is 17.2 Å². The first-order valence-electron chi connectivity index (χ1n) is 7.43. The normalized spacial score (nSPS) is 16.3. The van der Waals surface area contributed by atoms with Crippen LogP contribution in [0.15, 0.2) is 22.8 Å². The number of nitrogens with zero attached hydrogens (tertiary/aromatic N) is 3. The van der Waals surface area contributed by atoms with Gasteiger partial charge in [-0.15, -0.1) is 10.2 Å². The van der Waals surface area contributed by atoms with E-state index in [1.165, 1.54) is 0 Å². The Morgan fingerprint density at radius 3 is 2.90 bits per heavy atom. The van der Waals surface area contributed by atoms with Gasteiger partial charge in [0.05, 0.1) is 6.26 Å². The lowest BCUT2D eigenvalue weighted by Crippen LogP contribution is -2.37. The van der Waals surface area contributed by atoms with Crippen molar-refractivity contribution in [3.8, 4) is 10.8 Å². The fourth-order valence-corrected chi connectivity index (χ4v) is 3.63. The quantitative estimate of drug-likeness (QED) is 0.869. The minimum absolute atomic E-state index is 0.282. The van der Waals surface area contributed by atoms with Gasteiger partial charge in [-0.25, -0.2) is 0 Å². The van der Waals surface area contributed by atoms with Crippen molar-refractivity contribution in [2.45, 2.75) is 38.5 Å². The number of rotatable bonds is 4. The van der Waals surface area contributed by atoms with Gasteiger partial charge in [-0.2, -0.15) is 0 Å². The molecule has 1 amide bonds. The van der Waals surface area contributed by atoms with Crippen LogP contribution in [0, 0.1) is 0 Å². The summed E-state index contributed by atoms with van der Waals surface area (Å²) in [6.07, 6.45) is 5.17. The molecule has 21 heavy (non-hydrogen) atoms. The highest BCUT2D eigenvalue weighted by molar-refractivity contribution is 7.14. The van der Waals surface area contributed by atoms with Crippen molar-refractivity contribution in [2.75, 3.05) is 13.1 Å². The van der Waals surface area contributed by atoms with E-state index in [0.29, 0.717) is 12.3 Å². The molecule has 3 rings (SSSR count). The summed E-state index contributed by atoms with van der Waals surface area (Å²) in [4.78, 5) is 13.9. The van der Waals surface area contributed by atoms with Gasteiger partial charge in [-0.05, 0) is 31.4 Å². The van der Waals surface area contributed by atoms with E-state index in [4.69, 9.17) is 4.42 Å². The molecule has 2 aromatic rings. The van der Waals surface area contributed by atoms with Crippen LogP contribution in [0.25, 0.3) is 10.8 Å². The standard InChI is InChI=1S/C15H19N3O2S/c1-2-4-13(19)18-8-6-11(7-9-18)14-16-17-15(21-14)12-5-3-10-20-12/h3,5,10-11H,2,4,6-9H2,1H3. The lowest BCUT2D eigenvalue weighted by Gasteiger charge is -2.30. The number of carbonyl (C=O) groups is 1. The van der Waals surface area contributed by atoms with Gasteiger partial charge >= 0.3 is 0 Å². The molecular formula is C15H19N3O2S. The summed E-state index contributed by atoms with van der Waals surface area (Å²) in [5, 5.41) is 10.4. The zero-order valence-electron chi connectivity index (χ0n) is 12.1. The third kappa shape index (κ3) is 3.15. The third-order valence-corrected chi connectivity index (χ3v) is 4.93. The van der Waals surface area contributed by atoms with Crippen LogP contribution in [-0.4, -0.2) is 34.1 Å². The Bertz CT molecular complexity index is 586. The van der Waals surface area contributed by atoms with Crippen LogP contribution in [0.5, 0.6) is 0 Å². The van der Waals surface area contributed by atoms with Gasteiger partial charge in [0.25, 0.3) is 0 Å². The highest BCUT2D eigenvalue weighted by Crippen LogP contribution is 2.33. The Morgan fingerprint density at radius 1 is 1.43 bits per heavy atom. The summed E-state index contributed by atoms with van der Waals surface area (Å²) in [5.74, 6) is 1.47. The first kappa shape index (κ1) is 14.3. The summed E-state index contributed by atoms with van der Waals surface area (Å²) < 4.78 is 5.35. The number of amides is 1. The lowest BCUT2D eigenvalue weighted by atomic mass is 9.97. The molecule has 3 heterocycles. The van der Waals surface area contributed by atoms with E-state index in [1.807, 2.05) is 24.0 Å². The second-order valence-electron chi connectivity index (χ2n) is 5.33. The summed E-state index contributed by atoms with van der Waals surface area (Å²) >= 11 is 1.60. The van der Waals surface area contributed by atoms with E-state index in [1.54, 1.807) is 17.6 Å². The SMILES string of the molecule is CCCC(=O)N1CCC(c2nnc(-c3ccco3)s2)CC1. The number of piperidine rings is 1. The lowest BCUT2D eigenvalue weighted by molar-refractivity contribution is -0.132. The van der Waals surface area contributed by atoms with E-state index >= 15 is 0 Å². The molecule has 0 saturated carbocycles. The third-order valence-electron chi connectivity index (χ3n) is 3.83. The van der Waals surface area contributed by atoms with Crippen molar-refractivity contribution in [2.24, 2.45) is 0 Å². The van der Waals surface area contributed by atoms with Crippen LogP contribution in [0.1, 0.15) is 43.5 Å². The molecule has 112 valence electrons. The minimum Gasteiger partial charge on any atom is -0.462 e. The summed E-state index contributed by atoms with van der Waals surface area (Å²) in [5.41, 5.74) is 0. The Labute approximate surface area is 128 Å². The van der Waals surface area contributed by atoms with Crippen LogP contribution < -0.4 is 0 Å². The monoisotopic (exact) mass is 305 g/mol. The number of hydrogen-bond donors (Lipinski definition) is 0. The smallest absolute Gasteiger partial charge is 0.222 e. The van der Waals surface area contributed by atoms with Gasteiger partial charge in [0.1, 0.15) is 5.01 Å². The van der Waals surface area contributed by atoms with Gasteiger partial charge in [0, 0.05) is 25.4 Å².